The lowest BCUT2D eigenvalue weighted by molar-refractivity contribution is 0.115. The smallest absolute Gasteiger partial charge is 0.0557 e. The minimum atomic E-state index is -0.207. The molecule has 0 amide bonds. The lowest BCUT2D eigenvalue weighted by Gasteiger charge is -2.35. The maximum atomic E-state index is 9.64. The third-order valence-electron chi connectivity index (χ3n) is 3.40. The van der Waals surface area contributed by atoms with E-state index in [1.54, 1.807) is 0 Å². The van der Waals surface area contributed by atoms with Gasteiger partial charge >= 0.3 is 0 Å². The first-order valence-electron chi connectivity index (χ1n) is 7.02. The first kappa shape index (κ1) is 15.0. The van der Waals surface area contributed by atoms with Gasteiger partial charge in [-0.25, -0.2) is 0 Å². The van der Waals surface area contributed by atoms with Gasteiger partial charge in [0.25, 0.3) is 0 Å². The summed E-state index contributed by atoms with van der Waals surface area (Å²) < 4.78 is 0. The zero-order valence-corrected chi connectivity index (χ0v) is 12.1. The van der Waals surface area contributed by atoms with Crippen molar-refractivity contribution >= 4 is 5.69 Å². The highest BCUT2D eigenvalue weighted by Crippen LogP contribution is 2.24. The summed E-state index contributed by atoms with van der Waals surface area (Å²) in [7, 11) is 0. The Morgan fingerprint density at radius 1 is 1.39 bits per heavy atom. The van der Waals surface area contributed by atoms with Crippen LogP contribution in [0.2, 0.25) is 0 Å². The molecule has 1 N–H and O–H groups in total. The fraction of sp³-hybridized carbons (Fsp3) is 0.667. The molecular weight excluding hydrogens is 224 g/mol. The number of aromatic nitrogens is 1. The third-order valence-corrected chi connectivity index (χ3v) is 3.40. The van der Waals surface area contributed by atoms with E-state index in [4.69, 9.17) is 0 Å². The lowest BCUT2D eigenvalue weighted by atomic mass is 9.93. The van der Waals surface area contributed by atoms with E-state index in [0.717, 1.165) is 31.6 Å². The zero-order valence-electron chi connectivity index (χ0n) is 12.1. The largest absolute Gasteiger partial charge is 0.393 e. The Bertz CT molecular complexity index is 335. The monoisotopic (exact) mass is 250 g/mol. The van der Waals surface area contributed by atoms with Crippen LogP contribution in [0.1, 0.15) is 39.3 Å². The predicted molar refractivity (Wildman–Crippen MR) is 76.9 cm³/mol. The minimum absolute atomic E-state index is 0.207. The lowest BCUT2D eigenvalue weighted by Crippen LogP contribution is -2.39. The highest BCUT2D eigenvalue weighted by Gasteiger charge is 2.23. The Kier molecular flexibility index (Phi) is 6.13. The Balaban J connectivity index is 0.000000771. The van der Waals surface area contributed by atoms with Gasteiger partial charge in [0.1, 0.15) is 0 Å². The first-order valence-corrected chi connectivity index (χ1v) is 7.02. The molecule has 2 atom stereocenters. The SMILES string of the molecule is CC.Cc1ccc(N2CCCC(C(C)O)C2)cn1. The molecule has 0 saturated carbocycles. The van der Waals surface area contributed by atoms with Crippen LogP contribution in [-0.2, 0) is 0 Å². The quantitative estimate of drug-likeness (QED) is 0.876. The van der Waals surface area contributed by atoms with E-state index in [1.165, 1.54) is 5.69 Å². The van der Waals surface area contributed by atoms with Crippen LogP contribution in [0.5, 0.6) is 0 Å². The average Bonchev–Trinajstić information content (AvgIpc) is 2.42. The van der Waals surface area contributed by atoms with Crippen LogP contribution in [-0.4, -0.2) is 29.3 Å². The minimum Gasteiger partial charge on any atom is -0.393 e. The summed E-state index contributed by atoms with van der Waals surface area (Å²) in [6.45, 7) is 9.91. The van der Waals surface area contributed by atoms with Crippen LogP contribution in [0.4, 0.5) is 5.69 Å². The molecule has 1 aromatic rings. The molecule has 102 valence electrons. The molecule has 1 fully saturated rings. The first-order chi connectivity index (χ1) is 8.66. The van der Waals surface area contributed by atoms with Crippen LogP contribution < -0.4 is 4.90 Å². The predicted octanol–water partition coefficient (Wildman–Crippen LogP) is 3.01. The second-order valence-corrected chi connectivity index (χ2v) is 4.75. The van der Waals surface area contributed by atoms with E-state index in [-0.39, 0.29) is 6.10 Å². The molecule has 0 bridgehead atoms. The number of hydrogen-bond donors (Lipinski definition) is 1. The Morgan fingerprint density at radius 3 is 2.67 bits per heavy atom. The molecule has 1 aliphatic rings. The van der Waals surface area contributed by atoms with Crippen molar-refractivity contribution in [1.82, 2.24) is 4.98 Å². The molecule has 1 aromatic heterocycles. The van der Waals surface area contributed by atoms with Gasteiger partial charge in [-0.2, -0.15) is 0 Å². The summed E-state index contributed by atoms with van der Waals surface area (Å²) >= 11 is 0. The van der Waals surface area contributed by atoms with E-state index in [0.29, 0.717) is 5.92 Å². The molecule has 0 radical (unpaired) electrons. The van der Waals surface area contributed by atoms with Gasteiger partial charge in [-0.05, 0) is 38.8 Å². The van der Waals surface area contributed by atoms with E-state index < -0.39 is 0 Å². The number of nitrogens with zero attached hydrogens (tertiary/aromatic N) is 2. The van der Waals surface area contributed by atoms with Crippen LogP contribution >= 0.6 is 0 Å². The highest BCUT2D eigenvalue weighted by molar-refractivity contribution is 5.44. The summed E-state index contributed by atoms with van der Waals surface area (Å²) in [6, 6.07) is 4.16. The molecule has 0 spiro atoms. The fourth-order valence-electron chi connectivity index (χ4n) is 2.29. The van der Waals surface area contributed by atoms with Gasteiger partial charge in [0.15, 0.2) is 0 Å². The molecule has 2 heterocycles. The molecule has 3 heteroatoms. The highest BCUT2D eigenvalue weighted by atomic mass is 16.3. The van der Waals surface area contributed by atoms with Gasteiger partial charge in [-0.3, -0.25) is 4.98 Å². The van der Waals surface area contributed by atoms with Crippen LogP contribution in [0, 0.1) is 12.8 Å². The van der Waals surface area contributed by atoms with Crippen molar-refractivity contribution in [2.45, 2.75) is 46.6 Å². The van der Waals surface area contributed by atoms with Crippen molar-refractivity contribution < 1.29 is 5.11 Å². The van der Waals surface area contributed by atoms with Crippen molar-refractivity contribution in [2.75, 3.05) is 18.0 Å². The number of hydrogen-bond acceptors (Lipinski definition) is 3. The van der Waals surface area contributed by atoms with Gasteiger partial charge in [-0.15, -0.1) is 0 Å². The maximum absolute atomic E-state index is 9.64. The maximum Gasteiger partial charge on any atom is 0.0557 e. The second-order valence-electron chi connectivity index (χ2n) is 4.75. The Hall–Kier alpha value is -1.09. The molecule has 0 aliphatic carbocycles. The van der Waals surface area contributed by atoms with E-state index in [9.17, 15) is 5.11 Å². The summed E-state index contributed by atoms with van der Waals surface area (Å²) in [5, 5.41) is 9.64. The molecular formula is C15H26N2O. The van der Waals surface area contributed by atoms with Crippen LogP contribution in [0.15, 0.2) is 18.3 Å². The third kappa shape index (κ3) is 3.98. The summed E-state index contributed by atoms with van der Waals surface area (Å²) in [5.41, 5.74) is 2.23. The normalized spacial score (nSPS) is 20.9. The molecule has 2 unspecified atom stereocenters. The number of pyridine rings is 1. The fourth-order valence-corrected chi connectivity index (χ4v) is 2.29. The molecule has 0 aromatic carbocycles. The Labute approximate surface area is 111 Å². The van der Waals surface area contributed by atoms with E-state index in [1.807, 2.05) is 40.0 Å². The summed E-state index contributed by atoms with van der Waals surface area (Å²) in [6.07, 6.45) is 4.01. The number of rotatable bonds is 2. The van der Waals surface area contributed by atoms with Crippen molar-refractivity contribution in [3.05, 3.63) is 24.0 Å². The second kappa shape index (κ2) is 7.37. The topological polar surface area (TPSA) is 36.4 Å². The number of aryl methyl sites for hydroxylation is 1. The zero-order chi connectivity index (χ0) is 13.5. The van der Waals surface area contributed by atoms with E-state index in [2.05, 4.69) is 16.0 Å². The van der Waals surface area contributed by atoms with Gasteiger partial charge in [0.2, 0.25) is 0 Å². The molecule has 1 aliphatic heterocycles. The van der Waals surface area contributed by atoms with Crippen LogP contribution in [0.3, 0.4) is 0 Å². The van der Waals surface area contributed by atoms with Crippen molar-refractivity contribution in [2.24, 2.45) is 5.92 Å². The van der Waals surface area contributed by atoms with Gasteiger partial charge in [0.05, 0.1) is 18.0 Å². The molecule has 3 nitrogen and oxygen atoms in total. The summed E-state index contributed by atoms with van der Waals surface area (Å²) in [4.78, 5) is 6.65. The standard InChI is InChI=1S/C13H20N2O.C2H6/c1-10-5-6-13(8-14-10)15-7-3-4-12(9-15)11(2)16;1-2/h5-6,8,11-12,16H,3-4,7,9H2,1-2H3;1-2H3. The molecule has 1 saturated heterocycles. The average molecular weight is 250 g/mol. The van der Waals surface area contributed by atoms with Gasteiger partial charge in [-0.1, -0.05) is 13.8 Å². The van der Waals surface area contributed by atoms with Gasteiger partial charge in [0, 0.05) is 24.7 Å². The Morgan fingerprint density at radius 2 is 2.11 bits per heavy atom. The summed E-state index contributed by atoms with van der Waals surface area (Å²) in [5.74, 6) is 0.398. The van der Waals surface area contributed by atoms with E-state index >= 15 is 0 Å². The van der Waals surface area contributed by atoms with Crippen molar-refractivity contribution in [3.8, 4) is 0 Å². The number of anilines is 1. The number of aliphatic hydroxyl groups is 1. The van der Waals surface area contributed by atoms with Crippen molar-refractivity contribution in [3.63, 3.8) is 0 Å². The van der Waals surface area contributed by atoms with Crippen molar-refractivity contribution in [1.29, 1.82) is 0 Å². The number of piperidine rings is 1. The molecule has 18 heavy (non-hydrogen) atoms. The number of aliphatic hydroxyl groups excluding tert-OH is 1. The van der Waals surface area contributed by atoms with Crippen LogP contribution in [0.25, 0.3) is 0 Å². The molecule has 2 rings (SSSR count). The van der Waals surface area contributed by atoms with Gasteiger partial charge < -0.3 is 10.0 Å².